The zero-order valence-electron chi connectivity index (χ0n) is 23.8. The molecule has 12 heteroatoms. The fourth-order valence-corrected chi connectivity index (χ4v) is 5.88. The predicted molar refractivity (Wildman–Crippen MR) is 150 cm³/mol. The number of rotatable bonds is 11. The lowest BCUT2D eigenvalue weighted by molar-refractivity contribution is -0.155. The van der Waals surface area contributed by atoms with Crippen molar-refractivity contribution in [2.24, 2.45) is 11.8 Å². The third-order valence-electron chi connectivity index (χ3n) is 8.28. The molecule has 43 heavy (non-hydrogen) atoms. The highest BCUT2D eigenvalue weighted by Crippen LogP contribution is 2.31. The van der Waals surface area contributed by atoms with Crippen LogP contribution >= 0.6 is 0 Å². The lowest BCUT2D eigenvalue weighted by Crippen LogP contribution is -2.51. The normalized spacial score (nSPS) is 17.6. The van der Waals surface area contributed by atoms with Crippen molar-refractivity contribution in [2.45, 2.75) is 63.2 Å². The van der Waals surface area contributed by atoms with Crippen LogP contribution in [-0.4, -0.2) is 65.0 Å². The SMILES string of the molecule is O=CN(O)CC(CC1CCCC1)C(=O)NC(C(=O)N1CCC(NC(=O)c2ccc(C(F)(F)F)cc2)CC1)c1ccccc1. The monoisotopic (exact) mass is 602 g/mol. The molecule has 9 nitrogen and oxygen atoms in total. The summed E-state index contributed by atoms with van der Waals surface area (Å²) in [6.45, 7) is 0.430. The Hall–Kier alpha value is -3.93. The van der Waals surface area contributed by atoms with Gasteiger partial charge in [0.15, 0.2) is 0 Å². The number of alkyl halides is 3. The maximum atomic E-state index is 13.8. The summed E-state index contributed by atoms with van der Waals surface area (Å²) in [6.07, 6.45) is 1.21. The number of amides is 4. The average Bonchev–Trinajstić information content (AvgIpc) is 3.52. The molecule has 1 aliphatic heterocycles. The van der Waals surface area contributed by atoms with Gasteiger partial charge in [-0.2, -0.15) is 13.2 Å². The highest BCUT2D eigenvalue weighted by Gasteiger charge is 2.34. The zero-order chi connectivity index (χ0) is 31.0. The number of benzene rings is 2. The van der Waals surface area contributed by atoms with E-state index in [0.717, 1.165) is 49.9 Å². The Bertz CT molecular complexity index is 1240. The molecular formula is C31H37F3N4O5. The van der Waals surface area contributed by atoms with Crippen molar-refractivity contribution in [3.05, 3.63) is 71.3 Å². The number of piperidine rings is 1. The van der Waals surface area contributed by atoms with Crippen molar-refractivity contribution in [3.8, 4) is 0 Å². The summed E-state index contributed by atoms with van der Waals surface area (Å²) in [5.41, 5.74) is -0.130. The summed E-state index contributed by atoms with van der Waals surface area (Å²) in [6, 6.07) is 11.6. The molecule has 0 bridgehead atoms. The van der Waals surface area contributed by atoms with Crippen LogP contribution in [0.3, 0.4) is 0 Å². The maximum absolute atomic E-state index is 13.8. The minimum absolute atomic E-state index is 0.113. The molecule has 3 N–H and O–H groups in total. The standard InChI is InChI=1S/C31H37F3N4O5/c32-31(33,34)25-12-10-23(11-13-25)28(40)35-26-14-16-37(17-15-26)30(42)27(22-8-2-1-3-9-22)36-29(41)24(19-38(43)20-39)18-21-6-4-5-7-21/h1-3,8-13,20-21,24,26-27,43H,4-7,14-19H2,(H,35,40)(H,36,41). The predicted octanol–water partition coefficient (Wildman–Crippen LogP) is 4.33. The van der Waals surface area contributed by atoms with Gasteiger partial charge in [0, 0.05) is 24.7 Å². The van der Waals surface area contributed by atoms with E-state index < -0.39 is 35.5 Å². The Balaban J connectivity index is 1.39. The van der Waals surface area contributed by atoms with E-state index in [4.69, 9.17) is 0 Å². The first-order chi connectivity index (χ1) is 20.5. The molecule has 2 atom stereocenters. The molecular weight excluding hydrogens is 565 g/mol. The molecule has 4 amide bonds. The molecule has 0 radical (unpaired) electrons. The number of hydrogen-bond donors (Lipinski definition) is 3. The van der Waals surface area contributed by atoms with Gasteiger partial charge in [-0.1, -0.05) is 56.0 Å². The van der Waals surface area contributed by atoms with Crippen LogP contribution in [0.1, 0.15) is 72.5 Å². The number of hydrogen-bond acceptors (Lipinski definition) is 5. The molecule has 0 spiro atoms. The molecule has 2 aromatic carbocycles. The Labute approximate surface area is 248 Å². The molecule has 0 aromatic heterocycles. The van der Waals surface area contributed by atoms with Gasteiger partial charge in [-0.25, -0.2) is 5.06 Å². The topological polar surface area (TPSA) is 119 Å². The molecule has 232 valence electrons. The van der Waals surface area contributed by atoms with E-state index in [1.807, 2.05) is 0 Å². The van der Waals surface area contributed by atoms with Gasteiger partial charge >= 0.3 is 6.18 Å². The van der Waals surface area contributed by atoms with Crippen molar-refractivity contribution in [1.82, 2.24) is 20.6 Å². The van der Waals surface area contributed by atoms with Crippen LogP contribution in [0.25, 0.3) is 0 Å². The number of nitrogens with one attached hydrogen (secondary N) is 2. The fourth-order valence-electron chi connectivity index (χ4n) is 5.88. The third kappa shape index (κ3) is 8.79. The number of halogens is 3. The van der Waals surface area contributed by atoms with Crippen LogP contribution in [0.15, 0.2) is 54.6 Å². The highest BCUT2D eigenvalue weighted by molar-refractivity contribution is 5.94. The Morgan fingerprint density at radius 3 is 2.19 bits per heavy atom. The van der Waals surface area contributed by atoms with E-state index in [1.54, 1.807) is 35.2 Å². The molecule has 2 aromatic rings. The van der Waals surface area contributed by atoms with Gasteiger partial charge in [0.1, 0.15) is 6.04 Å². The third-order valence-corrected chi connectivity index (χ3v) is 8.28. The van der Waals surface area contributed by atoms with Gasteiger partial charge in [-0.15, -0.1) is 0 Å². The summed E-state index contributed by atoms with van der Waals surface area (Å²) in [5, 5.41) is 16.0. The zero-order valence-corrected chi connectivity index (χ0v) is 23.8. The highest BCUT2D eigenvalue weighted by atomic mass is 19.4. The van der Waals surface area contributed by atoms with Crippen LogP contribution < -0.4 is 10.6 Å². The molecule has 1 heterocycles. The lowest BCUT2D eigenvalue weighted by atomic mass is 9.91. The second-order valence-corrected chi connectivity index (χ2v) is 11.3. The van der Waals surface area contributed by atoms with Crippen molar-refractivity contribution in [1.29, 1.82) is 0 Å². The van der Waals surface area contributed by atoms with Crippen LogP contribution in [0.2, 0.25) is 0 Å². The van der Waals surface area contributed by atoms with Crippen LogP contribution in [0, 0.1) is 11.8 Å². The smallest absolute Gasteiger partial charge is 0.349 e. The summed E-state index contributed by atoms with van der Waals surface area (Å²) < 4.78 is 38.5. The average molecular weight is 603 g/mol. The van der Waals surface area contributed by atoms with Crippen molar-refractivity contribution in [2.75, 3.05) is 19.6 Å². The fraction of sp³-hybridized carbons (Fsp3) is 0.484. The second-order valence-electron chi connectivity index (χ2n) is 11.3. The van der Waals surface area contributed by atoms with Crippen LogP contribution in [0.4, 0.5) is 13.2 Å². The first-order valence-electron chi connectivity index (χ1n) is 14.6. The van der Waals surface area contributed by atoms with Gasteiger partial charge in [0.25, 0.3) is 5.91 Å². The minimum atomic E-state index is -4.49. The molecule has 1 saturated heterocycles. The molecule has 2 unspecified atom stereocenters. The maximum Gasteiger partial charge on any atom is 0.416 e. The quantitative estimate of drug-likeness (QED) is 0.201. The summed E-state index contributed by atoms with van der Waals surface area (Å²) in [7, 11) is 0. The van der Waals surface area contributed by atoms with E-state index in [-0.39, 0.29) is 30.5 Å². The van der Waals surface area contributed by atoms with E-state index in [0.29, 0.717) is 48.9 Å². The molecule has 1 aliphatic carbocycles. The van der Waals surface area contributed by atoms with Crippen LogP contribution in [-0.2, 0) is 20.6 Å². The Morgan fingerprint density at radius 2 is 1.60 bits per heavy atom. The number of carbonyl (C=O) groups is 4. The molecule has 2 aliphatic rings. The summed E-state index contributed by atoms with van der Waals surface area (Å²) >= 11 is 0. The van der Waals surface area contributed by atoms with Gasteiger partial charge in [0.05, 0.1) is 18.0 Å². The van der Waals surface area contributed by atoms with Gasteiger partial charge in [0.2, 0.25) is 18.2 Å². The number of nitrogens with zero attached hydrogens (tertiary/aromatic N) is 2. The number of carbonyl (C=O) groups excluding carboxylic acids is 4. The van der Waals surface area contributed by atoms with Gasteiger partial charge in [-0.3, -0.25) is 24.4 Å². The van der Waals surface area contributed by atoms with Gasteiger partial charge in [-0.05, 0) is 55.0 Å². The van der Waals surface area contributed by atoms with E-state index in [9.17, 15) is 37.6 Å². The second kappa shape index (κ2) is 14.5. The molecule has 1 saturated carbocycles. The van der Waals surface area contributed by atoms with Crippen molar-refractivity contribution < 1.29 is 37.6 Å². The van der Waals surface area contributed by atoms with Crippen molar-refractivity contribution in [3.63, 3.8) is 0 Å². The lowest BCUT2D eigenvalue weighted by Gasteiger charge is -2.35. The molecule has 4 rings (SSSR count). The Morgan fingerprint density at radius 1 is 0.977 bits per heavy atom. The number of likely N-dealkylation sites (tertiary alicyclic amines) is 1. The van der Waals surface area contributed by atoms with Gasteiger partial charge < -0.3 is 15.5 Å². The number of hydroxylamine groups is 2. The summed E-state index contributed by atoms with van der Waals surface area (Å²) in [5.74, 6) is -1.62. The minimum Gasteiger partial charge on any atom is -0.349 e. The van der Waals surface area contributed by atoms with E-state index in [1.165, 1.54) is 0 Å². The summed E-state index contributed by atoms with van der Waals surface area (Å²) in [4.78, 5) is 52.6. The van der Waals surface area contributed by atoms with E-state index >= 15 is 0 Å². The first-order valence-corrected chi connectivity index (χ1v) is 14.6. The molecule has 2 fully saturated rings. The van der Waals surface area contributed by atoms with E-state index in [2.05, 4.69) is 10.6 Å². The Kier molecular flexibility index (Phi) is 10.8. The largest absolute Gasteiger partial charge is 0.416 e. The first kappa shape index (κ1) is 32.0. The van der Waals surface area contributed by atoms with Crippen molar-refractivity contribution >= 4 is 24.1 Å². The van der Waals surface area contributed by atoms with Crippen LogP contribution in [0.5, 0.6) is 0 Å².